The van der Waals surface area contributed by atoms with Gasteiger partial charge in [-0.05, 0) is 38.1 Å². The first-order chi connectivity index (χ1) is 8.58. The van der Waals surface area contributed by atoms with Gasteiger partial charge in [-0.1, -0.05) is 0 Å². The minimum absolute atomic E-state index is 0.368. The Kier molecular flexibility index (Phi) is 3.55. The molecule has 2 aromatic rings. The van der Waals surface area contributed by atoms with E-state index in [1.165, 1.54) is 5.69 Å². The first-order valence-corrected chi connectivity index (χ1v) is 6.15. The van der Waals surface area contributed by atoms with Gasteiger partial charge in [-0.3, -0.25) is 4.57 Å². The maximum atomic E-state index is 4.33. The topological polar surface area (TPSA) is 33.1 Å². The van der Waals surface area contributed by atoms with E-state index in [1.54, 1.807) is 0 Å². The smallest absolute Gasteiger partial charge is 0.207 e. The van der Waals surface area contributed by atoms with Gasteiger partial charge in [-0.15, -0.1) is 0 Å². The molecule has 0 fully saturated rings. The molecule has 1 aromatic heterocycles. The van der Waals surface area contributed by atoms with Crippen molar-refractivity contribution in [1.82, 2.24) is 9.55 Å². The van der Waals surface area contributed by atoms with Crippen LogP contribution < -0.4 is 10.2 Å². The van der Waals surface area contributed by atoms with Crippen molar-refractivity contribution < 1.29 is 0 Å². The first kappa shape index (κ1) is 12.5. The summed E-state index contributed by atoms with van der Waals surface area (Å²) >= 11 is 0. The second kappa shape index (κ2) is 5.12. The number of aromatic nitrogens is 2. The van der Waals surface area contributed by atoms with Crippen LogP contribution in [0.25, 0.3) is 5.69 Å². The third-order valence-corrected chi connectivity index (χ3v) is 2.70. The van der Waals surface area contributed by atoms with Crippen molar-refractivity contribution in [3.63, 3.8) is 0 Å². The fourth-order valence-electron chi connectivity index (χ4n) is 1.79. The zero-order valence-electron chi connectivity index (χ0n) is 11.4. The fraction of sp³-hybridized carbons (Fsp3) is 0.357. The van der Waals surface area contributed by atoms with Crippen LogP contribution in [-0.2, 0) is 0 Å². The molecular weight excluding hydrogens is 224 g/mol. The van der Waals surface area contributed by atoms with Crippen molar-refractivity contribution in [2.45, 2.75) is 19.9 Å². The molecule has 4 heteroatoms. The van der Waals surface area contributed by atoms with Gasteiger partial charge in [0.2, 0.25) is 5.95 Å². The summed E-state index contributed by atoms with van der Waals surface area (Å²) in [7, 11) is 4.08. The number of nitrogens with one attached hydrogen (secondary N) is 1. The van der Waals surface area contributed by atoms with Crippen molar-refractivity contribution in [3.05, 3.63) is 36.7 Å². The van der Waals surface area contributed by atoms with Crippen LogP contribution in [0.1, 0.15) is 13.8 Å². The van der Waals surface area contributed by atoms with Crippen molar-refractivity contribution in [2.75, 3.05) is 24.3 Å². The monoisotopic (exact) mass is 244 g/mol. The van der Waals surface area contributed by atoms with Crippen molar-refractivity contribution in [2.24, 2.45) is 0 Å². The van der Waals surface area contributed by atoms with Gasteiger partial charge < -0.3 is 10.2 Å². The molecule has 0 saturated heterocycles. The van der Waals surface area contributed by atoms with E-state index in [-0.39, 0.29) is 0 Å². The van der Waals surface area contributed by atoms with E-state index in [1.807, 2.05) is 26.5 Å². The van der Waals surface area contributed by atoms with E-state index in [4.69, 9.17) is 0 Å². The average molecular weight is 244 g/mol. The Morgan fingerprint density at radius 1 is 1.17 bits per heavy atom. The SMILES string of the molecule is CC(C)Nc1nccn1-c1ccc(N(C)C)cc1. The van der Waals surface area contributed by atoms with Gasteiger partial charge in [0.15, 0.2) is 0 Å². The van der Waals surface area contributed by atoms with Crippen molar-refractivity contribution >= 4 is 11.6 Å². The van der Waals surface area contributed by atoms with Crippen LogP contribution in [-0.4, -0.2) is 29.7 Å². The minimum Gasteiger partial charge on any atom is -0.378 e. The lowest BCUT2D eigenvalue weighted by Crippen LogP contribution is -2.14. The number of hydrogen-bond donors (Lipinski definition) is 1. The molecule has 0 unspecified atom stereocenters. The zero-order chi connectivity index (χ0) is 13.1. The molecule has 0 aliphatic heterocycles. The van der Waals surface area contributed by atoms with E-state index < -0.39 is 0 Å². The van der Waals surface area contributed by atoms with E-state index in [0.717, 1.165) is 11.6 Å². The molecule has 1 aromatic carbocycles. The fourth-order valence-corrected chi connectivity index (χ4v) is 1.79. The third kappa shape index (κ3) is 2.64. The van der Waals surface area contributed by atoms with Crippen LogP contribution in [0.15, 0.2) is 36.7 Å². The van der Waals surface area contributed by atoms with E-state index >= 15 is 0 Å². The molecule has 0 amide bonds. The molecule has 4 nitrogen and oxygen atoms in total. The van der Waals surface area contributed by atoms with E-state index in [0.29, 0.717) is 6.04 Å². The molecular formula is C14H20N4. The summed E-state index contributed by atoms with van der Waals surface area (Å²) < 4.78 is 2.06. The van der Waals surface area contributed by atoms with Gasteiger partial charge in [-0.2, -0.15) is 0 Å². The lowest BCUT2D eigenvalue weighted by molar-refractivity contribution is 0.864. The number of nitrogens with zero attached hydrogens (tertiary/aromatic N) is 3. The van der Waals surface area contributed by atoms with Crippen molar-refractivity contribution in [1.29, 1.82) is 0 Å². The summed E-state index contributed by atoms with van der Waals surface area (Å²) in [6.07, 6.45) is 3.78. The van der Waals surface area contributed by atoms with Crippen LogP contribution >= 0.6 is 0 Å². The molecule has 0 radical (unpaired) electrons. The Labute approximate surface area is 108 Å². The molecule has 18 heavy (non-hydrogen) atoms. The van der Waals surface area contributed by atoms with Crippen molar-refractivity contribution in [3.8, 4) is 5.69 Å². The molecule has 0 atom stereocenters. The van der Waals surface area contributed by atoms with Gasteiger partial charge in [0, 0.05) is 43.9 Å². The number of rotatable bonds is 4. The molecule has 1 heterocycles. The molecule has 0 saturated carbocycles. The summed E-state index contributed by atoms with van der Waals surface area (Å²) in [6, 6.07) is 8.78. The molecule has 0 spiro atoms. The van der Waals surface area contributed by atoms with Gasteiger partial charge in [0.25, 0.3) is 0 Å². The first-order valence-electron chi connectivity index (χ1n) is 6.15. The Balaban J connectivity index is 2.28. The van der Waals surface area contributed by atoms with Crippen LogP contribution in [0.4, 0.5) is 11.6 Å². The second-order valence-corrected chi connectivity index (χ2v) is 4.83. The molecule has 0 aliphatic rings. The Hall–Kier alpha value is -1.97. The lowest BCUT2D eigenvalue weighted by Gasteiger charge is -2.15. The number of anilines is 2. The normalized spacial score (nSPS) is 10.7. The van der Waals surface area contributed by atoms with E-state index in [9.17, 15) is 0 Å². The summed E-state index contributed by atoms with van der Waals surface area (Å²) in [5.41, 5.74) is 2.30. The third-order valence-electron chi connectivity index (χ3n) is 2.70. The summed E-state index contributed by atoms with van der Waals surface area (Å²) in [5, 5.41) is 3.33. The highest BCUT2D eigenvalue weighted by atomic mass is 15.2. The molecule has 0 aliphatic carbocycles. The van der Waals surface area contributed by atoms with E-state index in [2.05, 4.69) is 57.9 Å². The van der Waals surface area contributed by atoms with Gasteiger partial charge >= 0.3 is 0 Å². The highest BCUT2D eigenvalue weighted by Gasteiger charge is 2.06. The molecule has 0 bridgehead atoms. The predicted octanol–water partition coefficient (Wildman–Crippen LogP) is 2.76. The Bertz CT molecular complexity index is 497. The highest BCUT2D eigenvalue weighted by Crippen LogP contribution is 2.18. The maximum Gasteiger partial charge on any atom is 0.207 e. The molecule has 1 N–H and O–H groups in total. The van der Waals surface area contributed by atoms with Crippen LogP contribution in [0.2, 0.25) is 0 Å². The number of imidazole rings is 1. The Morgan fingerprint density at radius 2 is 1.83 bits per heavy atom. The summed E-state index contributed by atoms with van der Waals surface area (Å²) in [6.45, 7) is 4.21. The Morgan fingerprint density at radius 3 is 2.39 bits per heavy atom. The van der Waals surface area contributed by atoms with Gasteiger partial charge in [0.1, 0.15) is 0 Å². The standard InChI is InChI=1S/C14H20N4/c1-11(2)16-14-15-9-10-18(14)13-7-5-12(6-8-13)17(3)4/h5-11H,1-4H3,(H,15,16). The average Bonchev–Trinajstić information content (AvgIpc) is 2.76. The van der Waals surface area contributed by atoms with Gasteiger partial charge in [0.05, 0.1) is 0 Å². The molecule has 96 valence electrons. The number of benzene rings is 1. The minimum atomic E-state index is 0.368. The highest BCUT2D eigenvalue weighted by molar-refractivity contribution is 5.51. The second-order valence-electron chi connectivity index (χ2n) is 4.83. The quantitative estimate of drug-likeness (QED) is 0.897. The number of hydrogen-bond acceptors (Lipinski definition) is 3. The van der Waals surface area contributed by atoms with Crippen LogP contribution in [0, 0.1) is 0 Å². The lowest BCUT2D eigenvalue weighted by atomic mass is 10.2. The van der Waals surface area contributed by atoms with Gasteiger partial charge in [-0.25, -0.2) is 4.98 Å². The predicted molar refractivity (Wildman–Crippen MR) is 76.6 cm³/mol. The zero-order valence-corrected chi connectivity index (χ0v) is 11.4. The van der Waals surface area contributed by atoms with Crippen LogP contribution in [0.5, 0.6) is 0 Å². The summed E-state index contributed by atoms with van der Waals surface area (Å²) in [4.78, 5) is 6.42. The largest absolute Gasteiger partial charge is 0.378 e. The maximum absolute atomic E-state index is 4.33. The van der Waals surface area contributed by atoms with Crippen LogP contribution in [0.3, 0.4) is 0 Å². The summed E-state index contributed by atoms with van der Waals surface area (Å²) in [5.74, 6) is 0.877. The molecule has 2 rings (SSSR count).